The van der Waals surface area contributed by atoms with E-state index in [1.54, 1.807) is 0 Å². The van der Waals surface area contributed by atoms with Gasteiger partial charge < -0.3 is 0 Å². The van der Waals surface area contributed by atoms with Gasteiger partial charge in [-0.1, -0.05) is 44.2 Å². The van der Waals surface area contributed by atoms with Crippen molar-refractivity contribution in [3.8, 4) is 6.07 Å². The van der Waals surface area contributed by atoms with E-state index in [-0.39, 0.29) is 0 Å². The van der Waals surface area contributed by atoms with Gasteiger partial charge in [0.2, 0.25) is 0 Å². The van der Waals surface area contributed by atoms with Gasteiger partial charge in [-0.15, -0.1) is 0 Å². The summed E-state index contributed by atoms with van der Waals surface area (Å²) in [6, 6.07) is 12.3. The first-order valence-corrected chi connectivity index (χ1v) is 7.10. The lowest BCUT2D eigenvalue weighted by molar-refractivity contribution is 0.571. The zero-order valence-electron chi connectivity index (χ0n) is 11.1. The molecule has 0 bridgehead atoms. The number of aromatic nitrogens is 2. The largest absolute Gasteiger partial charge is 0.263 e. The number of hydrogen-bond acceptors (Lipinski definition) is 2. The minimum absolute atomic E-state index is 0.464. The highest BCUT2D eigenvalue weighted by Crippen LogP contribution is 2.24. The van der Waals surface area contributed by atoms with Crippen molar-refractivity contribution in [2.45, 2.75) is 26.8 Å². The van der Waals surface area contributed by atoms with Crippen LogP contribution in [0.25, 0.3) is 0 Å². The minimum Gasteiger partial charge on any atom is -0.263 e. The minimum atomic E-state index is 0.464. The number of halogens is 1. The molecule has 0 saturated heterocycles. The second-order valence-electron chi connectivity index (χ2n) is 4.96. The molecule has 2 aromatic rings. The Morgan fingerprint density at radius 3 is 2.58 bits per heavy atom. The number of benzene rings is 1. The number of nitrogens with zero attached hydrogens (tertiary/aromatic N) is 3. The van der Waals surface area contributed by atoms with Crippen molar-refractivity contribution in [3.63, 3.8) is 0 Å². The number of hydrogen-bond donors (Lipinski definition) is 0. The van der Waals surface area contributed by atoms with Crippen molar-refractivity contribution in [1.82, 2.24) is 9.78 Å². The Kier molecular flexibility index (Phi) is 4.39. The van der Waals surface area contributed by atoms with Crippen LogP contribution >= 0.6 is 15.9 Å². The Morgan fingerprint density at radius 2 is 2.00 bits per heavy atom. The molecule has 0 saturated carbocycles. The molecule has 98 valence electrons. The van der Waals surface area contributed by atoms with E-state index in [0.29, 0.717) is 18.2 Å². The van der Waals surface area contributed by atoms with E-state index in [1.807, 2.05) is 22.9 Å². The maximum Gasteiger partial charge on any atom is 0.176 e. The van der Waals surface area contributed by atoms with Crippen molar-refractivity contribution in [1.29, 1.82) is 5.26 Å². The van der Waals surface area contributed by atoms with Gasteiger partial charge in [-0.3, -0.25) is 4.68 Å². The van der Waals surface area contributed by atoms with Crippen LogP contribution in [0.3, 0.4) is 0 Å². The van der Waals surface area contributed by atoms with E-state index >= 15 is 0 Å². The van der Waals surface area contributed by atoms with Crippen LogP contribution in [0.5, 0.6) is 0 Å². The van der Waals surface area contributed by atoms with Gasteiger partial charge in [0.05, 0.1) is 16.7 Å². The smallest absolute Gasteiger partial charge is 0.176 e. The molecule has 1 aromatic heterocycles. The third-order valence-corrected chi connectivity index (χ3v) is 3.71. The Labute approximate surface area is 122 Å². The quantitative estimate of drug-likeness (QED) is 0.861. The van der Waals surface area contributed by atoms with Gasteiger partial charge in [-0.2, -0.15) is 10.4 Å². The maximum absolute atomic E-state index is 9.10. The van der Waals surface area contributed by atoms with Crippen LogP contribution in [0.4, 0.5) is 0 Å². The SMILES string of the molecule is CC(C)Cc1c(Br)c(C#N)nn1Cc1ccccc1. The number of nitriles is 1. The highest BCUT2D eigenvalue weighted by molar-refractivity contribution is 9.10. The van der Waals surface area contributed by atoms with E-state index < -0.39 is 0 Å². The number of rotatable bonds is 4. The predicted molar refractivity (Wildman–Crippen MR) is 78.7 cm³/mol. The lowest BCUT2D eigenvalue weighted by Gasteiger charge is -2.10. The summed E-state index contributed by atoms with van der Waals surface area (Å²) in [6.45, 7) is 5.03. The van der Waals surface area contributed by atoms with Crippen molar-refractivity contribution in [2.24, 2.45) is 5.92 Å². The Balaban J connectivity index is 2.36. The Hall–Kier alpha value is -1.60. The topological polar surface area (TPSA) is 41.6 Å². The summed E-state index contributed by atoms with van der Waals surface area (Å²) in [7, 11) is 0. The second-order valence-corrected chi connectivity index (χ2v) is 5.76. The van der Waals surface area contributed by atoms with Crippen molar-refractivity contribution in [3.05, 3.63) is 51.8 Å². The van der Waals surface area contributed by atoms with E-state index in [1.165, 1.54) is 5.56 Å². The summed E-state index contributed by atoms with van der Waals surface area (Å²) in [5, 5.41) is 13.5. The Morgan fingerprint density at radius 1 is 1.32 bits per heavy atom. The van der Waals surface area contributed by atoms with Crippen LogP contribution in [0, 0.1) is 17.2 Å². The molecule has 0 N–H and O–H groups in total. The normalized spacial score (nSPS) is 10.7. The van der Waals surface area contributed by atoms with Gasteiger partial charge in [0.15, 0.2) is 5.69 Å². The molecule has 4 heteroatoms. The molecule has 19 heavy (non-hydrogen) atoms. The lowest BCUT2D eigenvalue weighted by Crippen LogP contribution is -2.09. The van der Waals surface area contributed by atoms with Crippen molar-refractivity contribution < 1.29 is 0 Å². The fourth-order valence-corrected chi connectivity index (χ4v) is 2.55. The first kappa shape index (κ1) is 13.8. The van der Waals surface area contributed by atoms with Crippen LogP contribution < -0.4 is 0 Å². The van der Waals surface area contributed by atoms with Crippen molar-refractivity contribution in [2.75, 3.05) is 0 Å². The van der Waals surface area contributed by atoms with E-state index in [2.05, 4.69) is 53.1 Å². The molecule has 0 aliphatic heterocycles. The van der Waals surface area contributed by atoms with Crippen LogP contribution in [0.1, 0.15) is 30.8 Å². The van der Waals surface area contributed by atoms with Gasteiger partial charge in [0.25, 0.3) is 0 Å². The zero-order chi connectivity index (χ0) is 13.8. The van der Waals surface area contributed by atoms with E-state index in [9.17, 15) is 0 Å². The first-order valence-electron chi connectivity index (χ1n) is 6.31. The lowest BCUT2D eigenvalue weighted by atomic mass is 10.1. The van der Waals surface area contributed by atoms with E-state index in [4.69, 9.17) is 5.26 Å². The zero-order valence-corrected chi connectivity index (χ0v) is 12.7. The molecule has 0 aliphatic carbocycles. The van der Waals surface area contributed by atoms with E-state index in [0.717, 1.165) is 16.6 Å². The van der Waals surface area contributed by atoms with Crippen LogP contribution in [-0.2, 0) is 13.0 Å². The predicted octanol–water partition coefficient (Wildman–Crippen LogP) is 3.76. The molecule has 0 fully saturated rings. The molecule has 0 aliphatic rings. The molecule has 1 heterocycles. The highest BCUT2D eigenvalue weighted by Gasteiger charge is 2.16. The fourth-order valence-electron chi connectivity index (χ4n) is 2.02. The average molecular weight is 318 g/mol. The van der Waals surface area contributed by atoms with Crippen LogP contribution in [0.2, 0.25) is 0 Å². The summed E-state index contributed by atoms with van der Waals surface area (Å²) >= 11 is 3.50. The van der Waals surface area contributed by atoms with Crippen LogP contribution in [-0.4, -0.2) is 9.78 Å². The Bertz CT molecular complexity index is 594. The van der Waals surface area contributed by atoms with Crippen molar-refractivity contribution >= 4 is 15.9 Å². The summed E-state index contributed by atoms with van der Waals surface area (Å²) in [6.07, 6.45) is 0.905. The molecular weight excluding hydrogens is 302 g/mol. The van der Waals surface area contributed by atoms with Gasteiger partial charge in [0.1, 0.15) is 6.07 Å². The van der Waals surface area contributed by atoms with Gasteiger partial charge >= 0.3 is 0 Å². The molecule has 1 aromatic carbocycles. The monoisotopic (exact) mass is 317 g/mol. The van der Waals surface area contributed by atoms with Crippen LogP contribution in [0.15, 0.2) is 34.8 Å². The third kappa shape index (κ3) is 3.24. The molecule has 0 atom stereocenters. The highest BCUT2D eigenvalue weighted by atomic mass is 79.9. The first-order chi connectivity index (χ1) is 9.11. The summed E-state index contributed by atoms with van der Waals surface area (Å²) in [5.41, 5.74) is 2.74. The molecule has 0 spiro atoms. The van der Waals surface area contributed by atoms with Gasteiger partial charge in [-0.05, 0) is 33.8 Å². The maximum atomic E-state index is 9.10. The standard InChI is InChI=1S/C15H16BrN3/c1-11(2)8-14-15(16)13(9-17)18-19(14)10-12-6-4-3-5-7-12/h3-7,11H,8,10H2,1-2H3. The fraction of sp³-hybridized carbons (Fsp3) is 0.333. The van der Waals surface area contributed by atoms with Gasteiger partial charge in [-0.25, -0.2) is 0 Å². The summed E-state index contributed by atoms with van der Waals surface area (Å²) < 4.78 is 2.76. The molecule has 3 nitrogen and oxygen atoms in total. The molecule has 0 radical (unpaired) electrons. The molecule has 2 rings (SSSR count). The third-order valence-electron chi connectivity index (χ3n) is 2.88. The molecule has 0 unspecified atom stereocenters. The average Bonchev–Trinajstić information content (AvgIpc) is 2.68. The summed E-state index contributed by atoms with van der Waals surface area (Å²) in [5.74, 6) is 0.522. The molecular formula is C15H16BrN3. The second kappa shape index (κ2) is 6.03. The summed E-state index contributed by atoms with van der Waals surface area (Å²) in [4.78, 5) is 0. The van der Waals surface area contributed by atoms with Gasteiger partial charge in [0, 0.05) is 0 Å². The molecule has 0 amide bonds.